The van der Waals surface area contributed by atoms with Crippen molar-refractivity contribution in [2.45, 2.75) is 84.2 Å². The van der Waals surface area contributed by atoms with Gasteiger partial charge >= 0.3 is 5.97 Å². The molecule has 2 unspecified atom stereocenters. The predicted octanol–water partition coefficient (Wildman–Crippen LogP) is 4.00. The van der Waals surface area contributed by atoms with Crippen LogP contribution in [0.25, 0.3) is 0 Å². The van der Waals surface area contributed by atoms with Gasteiger partial charge in [-0.1, -0.05) is 65.3 Å². The molecule has 0 spiro atoms. The molecule has 0 aliphatic rings. The van der Waals surface area contributed by atoms with Crippen LogP contribution in [0.1, 0.15) is 82.9 Å². The molecule has 2 N–H and O–H groups in total. The first-order valence-electron chi connectivity index (χ1n) is 12.7. The maximum Gasteiger partial charge on any atom is 0.306 e. The summed E-state index contributed by atoms with van der Waals surface area (Å²) >= 11 is 0. The molecule has 1 heterocycles. The Morgan fingerprint density at radius 1 is 1.16 bits per heavy atom. The van der Waals surface area contributed by atoms with Crippen LogP contribution in [0.3, 0.4) is 0 Å². The normalized spacial score (nSPS) is 14.0. The lowest BCUT2D eigenvalue weighted by Crippen LogP contribution is -2.44. The zero-order valence-corrected chi connectivity index (χ0v) is 22.3. The lowest BCUT2D eigenvalue weighted by atomic mass is 9.86. The van der Waals surface area contributed by atoms with E-state index in [1.807, 2.05) is 24.3 Å². The van der Waals surface area contributed by atoms with E-state index in [2.05, 4.69) is 31.2 Å². The topological polar surface area (TPSA) is 118 Å². The molecular weight excluding hydrogens is 477 g/mol. The van der Waals surface area contributed by atoms with Gasteiger partial charge in [-0.15, -0.1) is 0 Å². The van der Waals surface area contributed by atoms with Crippen LogP contribution in [-0.2, 0) is 26.3 Å². The number of benzene rings is 1. The molecule has 3 atom stereocenters. The van der Waals surface area contributed by atoms with Crippen molar-refractivity contribution >= 4 is 17.7 Å². The molecule has 1 aromatic heterocycles. The lowest BCUT2D eigenvalue weighted by molar-refractivity contribution is -0.141. The third kappa shape index (κ3) is 8.33. The number of alkyl halides is 1. The molecule has 0 saturated heterocycles. The fourth-order valence-electron chi connectivity index (χ4n) is 4.13. The van der Waals surface area contributed by atoms with Crippen LogP contribution in [0, 0.1) is 5.92 Å². The van der Waals surface area contributed by atoms with Gasteiger partial charge in [-0.2, -0.15) is 5.10 Å². The molecule has 202 valence electrons. The summed E-state index contributed by atoms with van der Waals surface area (Å²) < 4.78 is 14.5. The molecular formula is C28H38FN3O5. The number of carboxylic acids is 1. The standard InChI is InChI=1S/C28H38FN3O5/c1-6-21(25(34)31-23(24(33)16-29)12-7-9-18(2)27(36)37)22-13-14-30-32(26(22)35)17-19-10-8-11-20(15-19)28(3,4)5/h8,10-11,13-15,18,21,23H,6-7,9,12,16-17H2,1-5H3,(H,31,34)(H,36,37)/t18-,21?,23?/m0/s1. The van der Waals surface area contributed by atoms with E-state index in [1.165, 1.54) is 16.9 Å². The summed E-state index contributed by atoms with van der Waals surface area (Å²) in [5.74, 6) is -3.75. The van der Waals surface area contributed by atoms with Crippen molar-refractivity contribution in [1.82, 2.24) is 15.1 Å². The van der Waals surface area contributed by atoms with Gasteiger partial charge < -0.3 is 10.4 Å². The van der Waals surface area contributed by atoms with Crippen LogP contribution in [0.5, 0.6) is 0 Å². The van der Waals surface area contributed by atoms with Gasteiger partial charge in [0, 0.05) is 11.8 Å². The summed E-state index contributed by atoms with van der Waals surface area (Å²) in [5.41, 5.74) is 1.81. The SMILES string of the molecule is CCC(C(=O)NC(CCC[C@H](C)C(=O)O)C(=O)CF)c1ccnn(Cc2cccc(C(C)(C)C)c2)c1=O. The Morgan fingerprint density at radius 3 is 2.46 bits per heavy atom. The van der Waals surface area contributed by atoms with Gasteiger partial charge in [-0.3, -0.25) is 19.2 Å². The molecule has 0 aliphatic carbocycles. The fourth-order valence-corrected chi connectivity index (χ4v) is 4.13. The van der Waals surface area contributed by atoms with E-state index in [9.17, 15) is 23.6 Å². The predicted molar refractivity (Wildman–Crippen MR) is 139 cm³/mol. The maximum atomic E-state index is 13.3. The van der Waals surface area contributed by atoms with Gasteiger partial charge in [0.05, 0.1) is 24.4 Å². The number of aliphatic carboxylic acids is 1. The average molecular weight is 516 g/mol. The number of carbonyl (C=O) groups excluding carboxylic acids is 2. The molecule has 9 heteroatoms. The molecule has 0 aliphatic heterocycles. The fraction of sp³-hybridized carbons (Fsp3) is 0.536. The monoisotopic (exact) mass is 515 g/mol. The second-order valence-corrected chi connectivity index (χ2v) is 10.5. The van der Waals surface area contributed by atoms with E-state index in [1.54, 1.807) is 13.8 Å². The molecule has 8 nitrogen and oxygen atoms in total. The van der Waals surface area contributed by atoms with E-state index in [0.29, 0.717) is 12.8 Å². The second-order valence-electron chi connectivity index (χ2n) is 10.5. The average Bonchev–Trinajstić information content (AvgIpc) is 2.85. The van der Waals surface area contributed by atoms with Gasteiger partial charge in [0.25, 0.3) is 5.56 Å². The van der Waals surface area contributed by atoms with Crippen LogP contribution >= 0.6 is 0 Å². The Kier molecular flexibility index (Phi) is 10.7. The van der Waals surface area contributed by atoms with Gasteiger partial charge in [-0.25, -0.2) is 9.07 Å². The van der Waals surface area contributed by atoms with Gasteiger partial charge in [-0.05, 0) is 41.9 Å². The smallest absolute Gasteiger partial charge is 0.306 e. The quantitative estimate of drug-likeness (QED) is 0.416. The van der Waals surface area contributed by atoms with Crippen molar-refractivity contribution in [2.24, 2.45) is 5.92 Å². The first-order valence-corrected chi connectivity index (χ1v) is 12.7. The zero-order chi connectivity index (χ0) is 27.8. The van der Waals surface area contributed by atoms with E-state index in [-0.39, 0.29) is 30.4 Å². The van der Waals surface area contributed by atoms with Crippen molar-refractivity contribution in [3.63, 3.8) is 0 Å². The Morgan fingerprint density at radius 2 is 1.86 bits per heavy atom. The highest BCUT2D eigenvalue weighted by Gasteiger charge is 2.28. The molecule has 2 rings (SSSR count). The molecule has 0 fully saturated rings. The van der Waals surface area contributed by atoms with E-state index < -0.39 is 47.8 Å². The van der Waals surface area contributed by atoms with E-state index in [4.69, 9.17) is 5.11 Å². The molecule has 0 saturated carbocycles. The number of halogens is 1. The number of amides is 1. The summed E-state index contributed by atoms with van der Waals surface area (Å²) in [4.78, 5) is 49.6. The van der Waals surface area contributed by atoms with Crippen LogP contribution in [0.15, 0.2) is 41.3 Å². The van der Waals surface area contributed by atoms with Crippen molar-refractivity contribution in [1.29, 1.82) is 0 Å². The molecule has 1 aromatic carbocycles. The van der Waals surface area contributed by atoms with Crippen LogP contribution in [0.4, 0.5) is 4.39 Å². The summed E-state index contributed by atoms with van der Waals surface area (Å²) in [6, 6.07) is 8.33. The Balaban J connectivity index is 2.23. The second kappa shape index (κ2) is 13.3. The first-order chi connectivity index (χ1) is 17.4. The summed E-state index contributed by atoms with van der Waals surface area (Å²) in [6.07, 6.45) is 2.50. The minimum absolute atomic E-state index is 0.0547. The Hall–Kier alpha value is -3.36. The van der Waals surface area contributed by atoms with Crippen molar-refractivity contribution in [3.05, 3.63) is 63.6 Å². The van der Waals surface area contributed by atoms with Gasteiger partial charge in [0.15, 0.2) is 5.78 Å². The minimum Gasteiger partial charge on any atom is -0.481 e. The number of hydrogen-bond donors (Lipinski definition) is 2. The van der Waals surface area contributed by atoms with Crippen LogP contribution in [-0.4, -0.2) is 45.3 Å². The van der Waals surface area contributed by atoms with Gasteiger partial charge in [0.1, 0.15) is 6.67 Å². The van der Waals surface area contributed by atoms with Gasteiger partial charge in [0.2, 0.25) is 5.91 Å². The highest BCUT2D eigenvalue weighted by molar-refractivity contribution is 5.92. The highest BCUT2D eigenvalue weighted by Crippen LogP contribution is 2.23. The van der Waals surface area contributed by atoms with E-state index in [0.717, 1.165) is 11.1 Å². The Labute approximate surface area is 217 Å². The maximum absolute atomic E-state index is 13.3. The number of Topliss-reactive ketones (excluding diaryl/α,β-unsaturated/α-hetero) is 1. The highest BCUT2D eigenvalue weighted by atomic mass is 19.1. The molecule has 0 radical (unpaired) electrons. The molecule has 0 bridgehead atoms. The first kappa shape index (κ1) is 29.9. The van der Waals surface area contributed by atoms with Crippen molar-refractivity contribution < 1.29 is 23.9 Å². The summed E-state index contributed by atoms with van der Waals surface area (Å²) in [5, 5.41) is 15.8. The number of hydrogen-bond acceptors (Lipinski definition) is 5. The summed E-state index contributed by atoms with van der Waals surface area (Å²) in [6.45, 7) is 8.61. The zero-order valence-electron chi connectivity index (χ0n) is 22.3. The molecule has 2 aromatic rings. The largest absolute Gasteiger partial charge is 0.481 e. The third-order valence-electron chi connectivity index (χ3n) is 6.56. The number of carbonyl (C=O) groups is 3. The summed E-state index contributed by atoms with van der Waals surface area (Å²) in [7, 11) is 0. The number of aromatic nitrogens is 2. The molecule has 37 heavy (non-hydrogen) atoms. The number of ketones is 1. The van der Waals surface area contributed by atoms with Crippen molar-refractivity contribution in [2.75, 3.05) is 6.67 Å². The Bertz CT molecular complexity index is 1150. The van der Waals surface area contributed by atoms with E-state index >= 15 is 0 Å². The number of nitrogens with zero attached hydrogens (tertiary/aromatic N) is 2. The lowest BCUT2D eigenvalue weighted by Gasteiger charge is -2.21. The minimum atomic E-state index is -1.24. The molecule has 1 amide bonds. The van der Waals surface area contributed by atoms with Crippen LogP contribution in [0.2, 0.25) is 0 Å². The van der Waals surface area contributed by atoms with Crippen molar-refractivity contribution in [3.8, 4) is 0 Å². The number of rotatable bonds is 13. The number of carboxylic acid groups (broad SMARTS) is 1. The third-order valence-corrected chi connectivity index (χ3v) is 6.56. The van der Waals surface area contributed by atoms with Crippen LogP contribution < -0.4 is 10.9 Å². The number of nitrogens with one attached hydrogen (secondary N) is 1.